The van der Waals surface area contributed by atoms with Gasteiger partial charge in [-0.3, -0.25) is 0 Å². The third kappa shape index (κ3) is 3.18. The van der Waals surface area contributed by atoms with Crippen LogP contribution in [-0.2, 0) is 0 Å². The summed E-state index contributed by atoms with van der Waals surface area (Å²) in [5.41, 5.74) is 0. The SMILES string of the molecule is CC[N+]1(CCO)CCCCC1.[I-]. The van der Waals surface area contributed by atoms with Gasteiger partial charge in [0.05, 0.1) is 26.2 Å². The van der Waals surface area contributed by atoms with Crippen molar-refractivity contribution in [2.24, 2.45) is 0 Å². The van der Waals surface area contributed by atoms with Gasteiger partial charge in [-0.1, -0.05) is 0 Å². The van der Waals surface area contributed by atoms with Crippen LogP contribution in [0.2, 0.25) is 0 Å². The first-order chi connectivity index (χ1) is 5.33. The van der Waals surface area contributed by atoms with Crippen LogP contribution in [0, 0.1) is 0 Å². The van der Waals surface area contributed by atoms with Crippen LogP contribution in [0.5, 0.6) is 0 Å². The lowest BCUT2D eigenvalue weighted by Gasteiger charge is -2.40. The molecule has 12 heavy (non-hydrogen) atoms. The van der Waals surface area contributed by atoms with Crippen LogP contribution in [0.15, 0.2) is 0 Å². The number of likely N-dealkylation sites (N-methyl/N-ethyl adjacent to an activating group) is 1. The Morgan fingerprint density at radius 2 is 1.75 bits per heavy atom. The van der Waals surface area contributed by atoms with Crippen molar-refractivity contribution in [2.45, 2.75) is 26.2 Å². The average molecular weight is 285 g/mol. The van der Waals surface area contributed by atoms with E-state index in [1.807, 2.05) is 0 Å². The molecule has 1 saturated heterocycles. The van der Waals surface area contributed by atoms with Gasteiger partial charge in [0.1, 0.15) is 6.54 Å². The number of rotatable bonds is 3. The summed E-state index contributed by atoms with van der Waals surface area (Å²) in [6.45, 7) is 7.33. The van der Waals surface area contributed by atoms with Gasteiger partial charge in [-0.25, -0.2) is 0 Å². The van der Waals surface area contributed by atoms with E-state index in [0.29, 0.717) is 6.61 Å². The molecule has 0 amide bonds. The average Bonchev–Trinajstić information content (AvgIpc) is 2.07. The maximum atomic E-state index is 8.90. The van der Waals surface area contributed by atoms with Crippen molar-refractivity contribution >= 4 is 0 Å². The fraction of sp³-hybridized carbons (Fsp3) is 1.00. The summed E-state index contributed by atoms with van der Waals surface area (Å²) in [6.07, 6.45) is 4.10. The van der Waals surface area contributed by atoms with Crippen LogP contribution < -0.4 is 24.0 Å². The number of hydrogen-bond donors (Lipinski definition) is 1. The van der Waals surface area contributed by atoms with Gasteiger partial charge in [-0.05, 0) is 26.2 Å². The summed E-state index contributed by atoms with van der Waals surface area (Å²) in [4.78, 5) is 0. The highest BCUT2D eigenvalue weighted by molar-refractivity contribution is 4.52. The second kappa shape index (κ2) is 6.16. The van der Waals surface area contributed by atoms with Crippen LogP contribution >= 0.6 is 0 Å². The summed E-state index contributed by atoms with van der Waals surface area (Å²) < 4.78 is 1.16. The lowest BCUT2D eigenvalue weighted by molar-refractivity contribution is -0.931. The van der Waals surface area contributed by atoms with E-state index in [0.717, 1.165) is 11.0 Å². The van der Waals surface area contributed by atoms with Gasteiger partial charge in [0, 0.05) is 0 Å². The third-order valence-corrected chi connectivity index (χ3v) is 3.01. The highest BCUT2D eigenvalue weighted by Crippen LogP contribution is 2.17. The smallest absolute Gasteiger partial charge is 0.102 e. The Balaban J connectivity index is 0.00000121. The minimum atomic E-state index is 0. The summed E-state index contributed by atoms with van der Waals surface area (Å²) in [7, 11) is 0. The Bertz CT molecular complexity index is 108. The molecule has 0 spiro atoms. The molecule has 1 aliphatic heterocycles. The number of nitrogens with zero attached hydrogens (tertiary/aromatic N) is 1. The Labute approximate surface area is 92.6 Å². The monoisotopic (exact) mass is 285 g/mol. The first kappa shape index (κ1) is 12.7. The molecular formula is C9H20INO. The molecule has 1 heterocycles. The molecule has 0 atom stereocenters. The number of piperidine rings is 1. The van der Waals surface area contributed by atoms with E-state index in [2.05, 4.69) is 6.92 Å². The normalized spacial score (nSPS) is 21.5. The van der Waals surface area contributed by atoms with E-state index >= 15 is 0 Å². The fourth-order valence-corrected chi connectivity index (χ4v) is 2.09. The van der Waals surface area contributed by atoms with Gasteiger partial charge >= 0.3 is 0 Å². The topological polar surface area (TPSA) is 20.2 Å². The minimum absolute atomic E-state index is 0. The van der Waals surface area contributed by atoms with Crippen LogP contribution in [0.1, 0.15) is 26.2 Å². The zero-order valence-electron chi connectivity index (χ0n) is 7.93. The Morgan fingerprint density at radius 1 is 1.17 bits per heavy atom. The minimum Gasteiger partial charge on any atom is -1.00 e. The van der Waals surface area contributed by atoms with Gasteiger partial charge in [-0.2, -0.15) is 0 Å². The van der Waals surface area contributed by atoms with Crippen LogP contribution in [0.4, 0.5) is 0 Å². The molecule has 0 aliphatic carbocycles. The molecule has 0 radical (unpaired) electrons. The molecule has 0 aromatic heterocycles. The molecule has 74 valence electrons. The van der Waals surface area contributed by atoms with Gasteiger partial charge < -0.3 is 33.6 Å². The Kier molecular flexibility index (Phi) is 6.49. The zero-order valence-corrected chi connectivity index (χ0v) is 10.1. The maximum Gasteiger partial charge on any atom is 0.102 e. The molecular weight excluding hydrogens is 265 g/mol. The molecule has 3 heteroatoms. The molecule has 1 rings (SSSR count). The standard InChI is InChI=1S/C9H20NO.HI/c1-2-10(8-9-11)6-4-3-5-7-10;/h11H,2-9H2,1H3;1H/q+1;/p-1. The van der Waals surface area contributed by atoms with Crippen molar-refractivity contribution in [1.82, 2.24) is 0 Å². The van der Waals surface area contributed by atoms with E-state index in [1.54, 1.807) is 0 Å². The lowest BCUT2D eigenvalue weighted by Crippen LogP contribution is -3.00. The number of quaternary nitrogens is 1. The van der Waals surface area contributed by atoms with E-state index in [-0.39, 0.29) is 24.0 Å². The molecule has 2 nitrogen and oxygen atoms in total. The van der Waals surface area contributed by atoms with Crippen molar-refractivity contribution in [3.63, 3.8) is 0 Å². The van der Waals surface area contributed by atoms with Gasteiger partial charge in [0.15, 0.2) is 0 Å². The quantitative estimate of drug-likeness (QED) is 0.470. The highest BCUT2D eigenvalue weighted by atomic mass is 127. The predicted octanol–water partition coefficient (Wildman–Crippen LogP) is -2.00. The summed E-state index contributed by atoms with van der Waals surface area (Å²) in [6, 6.07) is 0. The number of aliphatic hydroxyl groups is 1. The summed E-state index contributed by atoms with van der Waals surface area (Å²) in [5.74, 6) is 0. The number of aliphatic hydroxyl groups excluding tert-OH is 1. The van der Waals surface area contributed by atoms with Crippen LogP contribution in [-0.4, -0.2) is 42.4 Å². The van der Waals surface area contributed by atoms with Crippen molar-refractivity contribution in [1.29, 1.82) is 0 Å². The molecule has 1 aliphatic rings. The van der Waals surface area contributed by atoms with Gasteiger partial charge in [-0.15, -0.1) is 0 Å². The Hall–Kier alpha value is 0.650. The third-order valence-electron chi connectivity index (χ3n) is 3.01. The second-order valence-corrected chi connectivity index (χ2v) is 3.61. The number of halogens is 1. The van der Waals surface area contributed by atoms with Crippen LogP contribution in [0.3, 0.4) is 0 Å². The largest absolute Gasteiger partial charge is 1.00 e. The van der Waals surface area contributed by atoms with Crippen molar-refractivity contribution in [3.05, 3.63) is 0 Å². The molecule has 1 N–H and O–H groups in total. The lowest BCUT2D eigenvalue weighted by atomic mass is 10.1. The van der Waals surface area contributed by atoms with E-state index in [4.69, 9.17) is 5.11 Å². The first-order valence-electron chi connectivity index (χ1n) is 4.79. The maximum absolute atomic E-state index is 8.90. The highest BCUT2D eigenvalue weighted by Gasteiger charge is 2.26. The number of likely N-dealkylation sites (tertiary alicyclic amines) is 1. The Morgan fingerprint density at radius 3 is 2.17 bits per heavy atom. The molecule has 0 saturated carbocycles. The number of hydrogen-bond acceptors (Lipinski definition) is 1. The van der Waals surface area contributed by atoms with Crippen molar-refractivity contribution in [3.8, 4) is 0 Å². The second-order valence-electron chi connectivity index (χ2n) is 3.61. The summed E-state index contributed by atoms with van der Waals surface area (Å²) >= 11 is 0. The molecule has 0 unspecified atom stereocenters. The van der Waals surface area contributed by atoms with Crippen LogP contribution in [0.25, 0.3) is 0 Å². The first-order valence-corrected chi connectivity index (χ1v) is 4.79. The molecule has 1 fully saturated rings. The predicted molar refractivity (Wildman–Crippen MR) is 46.3 cm³/mol. The van der Waals surface area contributed by atoms with E-state index in [9.17, 15) is 0 Å². The summed E-state index contributed by atoms with van der Waals surface area (Å²) in [5, 5.41) is 8.90. The molecule has 0 aromatic carbocycles. The van der Waals surface area contributed by atoms with E-state index < -0.39 is 0 Å². The van der Waals surface area contributed by atoms with Crippen molar-refractivity contribution in [2.75, 3.05) is 32.8 Å². The molecule has 0 bridgehead atoms. The molecule has 0 aromatic rings. The van der Waals surface area contributed by atoms with Gasteiger partial charge in [0.2, 0.25) is 0 Å². The van der Waals surface area contributed by atoms with E-state index in [1.165, 1.54) is 38.9 Å². The van der Waals surface area contributed by atoms with Gasteiger partial charge in [0.25, 0.3) is 0 Å². The zero-order chi connectivity index (χ0) is 8.16. The van der Waals surface area contributed by atoms with Crippen molar-refractivity contribution < 1.29 is 33.6 Å². The fourth-order valence-electron chi connectivity index (χ4n) is 2.09.